The van der Waals surface area contributed by atoms with E-state index < -0.39 is 10.1 Å². The van der Waals surface area contributed by atoms with Crippen molar-refractivity contribution in [3.63, 3.8) is 0 Å². The van der Waals surface area contributed by atoms with Gasteiger partial charge < -0.3 is 14.4 Å². The van der Waals surface area contributed by atoms with Gasteiger partial charge in [-0.05, 0) is 61.6 Å². The highest BCUT2D eigenvalue weighted by Crippen LogP contribution is 2.20. The molecular formula is C20H26N2O4S2. The van der Waals surface area contributed by atoms with Crippen LogP contribution in [-0.2, 0) is 16.7 Å². The molecule has 2 amide bonds. The standard InChI is InChI=1S/C20H26N2O4S2/c1-5-15(2)22(20(23)21-17-8-12-19(27-3)13-9-17)14-16-6-10-18(11-7-16)26-28(4,24)25/h6-13,15H,5,14H2,1-4H3,(H,21,23). The van der Waals surface area contributed by atoms with E-state index in [9.17, 15) is 13.2 Å². The van der Waals surface area contributed by atoms with Crippen LogP contribution in [0, 0.1) is 0 Å². The first-order valence-corrected chi connectivity index (χ1v) is 12.0. The Hall–Kier alpha value is -2.19. The van der Waals surface area contributed by atoms with E-state index in [0.29, 0.717) is 6.54 Å². The molecule has 8 heteroatoms. The van der Waals surface area contributed by atoms with Gasteiger partial charge in [0.15, 0.2) is 0 Å². The molecule has 0 spiro atoms. The number of benzene rings is 2. The van der Waals surface area contributed by atoms with E-state index >= 15 is 0 Å². The summed E-state index contributed by atoms with van der Waals surface area (Å²) in [6, 6.07) is 14.3. The van der Waals surface area contributed by atoms with Gasteiger partial charge in [-0.1, -0.05) is 19.1 Å². The van der Waals surface area contributed by atoms with Crippen LogP contribution >= 0.6 is 11.8 Å². The SMILES string of the molecule is CCC(C)N(Cc1ccc(OS(C)(=O)=O)cc1)C(=O)Nc1ccc(SC)cc1. The molecule has 0 saturated carbocycles. The van der Waals surface area contributed by atoms with Gasteiger partial charge in [-0.2, -0.15) is 8.42 Å². The molecule has 0 aromatic heterocycles. The number of urea groups is 1. The monoisotopic (exact) mass is 422 g/mol. The second kappa shape index (κ2) is 9.84. The Morgan fingerprint density at radius 1 is 1.14 bits per heavy atom. The van der Waals surface area contributed by atoms with Crippen molar-refractivity contribution >= 4 is 33.6 Å². The van der Waals surface area contributed by atoms with Crippen LogP contribution in [0.15, 0.2) is 53.4 Å². The summed E-state index contributed by atoms with van der Waals surface area (Å²) in [6.07, 6.45) is 3.82. The lowest BCUT2D eigenvalue weighted by Crippen LogP contribution is -2.40. The average Bonchev–Trinajstić information content (AvgIpc) is 2.66. The van der Waals surface area contributed by atoms with Gasteiger partial charge in [0.25, 0.3) is 0 Å². The number of hydrogen-bond donors (Lipinski definition) is 1. The van der Waals surface area contributed by atoms with Gasteiger partial charge in [-0.3, -0.25) is 0 Å². The lowest BCUT2D eigenvalue weighted by molar-refractivity contribution is 0.187. The predicted octanol–water partition coefficient (Wildman–Crippen LogP) is 4.58. The highest BCUT2D eigenvalue weighted by atomic mass is 32.2. The first kappa shape index (κ1) is 22.1. The van der Waals surface area contributed by atoms with Crippen LogP contribution in [0.25, 0.3) is 0 Å². The lowest BCUT2D eigenvalue weighted by Gasteiger charge is -2.29. The second-order valence-corrected chi connectivity index (χ2v) is 8.93. The van der Waals surface area contributed by atoms with Gasteiger partial charge in [-0.25, -0.2) is 4.79 Å². The van der Waals surface area contributed by atoms with E-state index in [0.717, 1.165) is 28.8 Å². The molecule has 0 aliphatic carbocycles. The Balaban J connectivity index is 2.10. The zero-order valence-corrected chi connectivity index (χ0v) is 18.1. The molecular weight excluding hydrogens is 396 g/mol. The maximum Gasteiger partial charge on any atom is 0.322 e. The zero-order valence-electron chi connectivity index (χ0n) is 16.5. The van der Waals surface area contributed by atoms with Crippen LogP contribution < -0.4 is 9.50 Å². The Kier molecular flexibility index (Phi) is 7.77. The zero-order chi connectivity index (χ0) is 20.7. The molecule has 0 aliphatic rings. The van der Waals surface area contributed by atoms with Crippen molar-refractivity contribution in [3.05, 3.63) is 54.1 Å². The molecule has 152 valence electrons. The third kappa shape index (κ3) is 6.76. The molecule has 0 radical (unpaired) electrons. The maximum absolute atomic E-state index is 12.8. The topological polar surface area (TPSA) is 75.7 Å². The summed E-state index contributed by atoms with van der Waals surface area (Å²) >= 11 is 1.65. The van der Waals surface area contributed by atoms with E-state index in [2.05, 4.69) is 5.32 Å². The Bertz CT molecular complexity index is 881. The highest BCUT2D eigenvalue weighted by Gasteiger charge is 2.19. The average molecular weight is 423 g/mol. The van der Waals surface area contributed by atoms with Crippen LogP contribution in [0.5, 0.6) is 5.75 Å². The molecule has 6 nitrogen and oxygen atoms in total. The molecule has 0 aliphatic heterocycles. The van der Waals surface area contributed by atoms with E-state index in [4.69, 9.17) is 4.18 Å². The number of rotatable bonds is 8. The lowest BCUT2D eigenvalue weighted by atomic mass is 10.1. The van der Waals surface area contributed by atoms with Crippen molar-refractivity contribution < 1.29 is 17.4 Å². The summed E-state index contributed by atoms with van der Waals surface area (Å²) in [7, 11) is -3.56. The van der Waals surface area contributed by atoms with Crippen LogP contribution in [0.3, 0.4) is 0 Å². The molecule has 2 aromatic rings. The van der Waals surface area contributed by atoms with Crippen LogP contribution in [0.1, 0.15) is 25.8 Å². The van der Waals surface area contributed by atoms with E-state index in [1.807, 2.05) is 44.4 Å². The van der Waals surface area contributed by atoms with Gasteiger partial charge in [0.2, 0.25) is 0 Å². The minimum Gasteiger partial charge on any atom is -0.383 e. The molecule has 0 bridgehead atoms. The number of carbonyl (C=O) groups is 1. The summed E-state index contributed by atoms with van der Waals surface area (Å²) < 4.78 is 27.3. The van der Waals surface area contributed by atoms with Crippen molar-refractivity contribution in [1.82, 2.24) is 4.90 Å². The summed E-state index contributed by atoms with van der Waals surface area (Å²) in [4.78, 5) is 15.7. The van der Waals surface area contributed by atoms with Crippen LogP contribution in [0.2, 0.25) is 0 Å². The number of nitrogens with one attached hydrogen (secondary N) is 1. The number of anilines is 1. The first-order chi connectivity index (χ1) is 13.2. The van der Waals surface area contributed by atoms with Crippen molar-refractivity contribution in [2.45, 2.75) is 37.8 Å². The Morgan fingerprint density at radius 3 is 2.25 bits per heavy atom. The van der Waals surface area contributed by atoms with E-state index in [-0.39, 0.29) is 17.8 Å². The summed E-state index contributed by atoms with van der Waals surface area (Å²) in [5.41, 5.74) is 1.63. The fourth-order valence-electron chi connectivity index (χ4n) is 2.54. The first-order valence-electron chi connectivity index (χ1n) is 8.92. The number of carbonyl (C=O) groups excluding carboxylic acids is 1. The molecule has 1 atom stereocenters. The molecule has 1 N–H and O–H groups in total. The van der Waals surface area contributed by atoms with Crippen molar-refractivity contribution in [2.75, 3.05) is 17.8 Å². The molecule has 2 rings (SSSR count). The number of amides is 2. The molecule has 0 saturated heterocycles. The van der Waals surface area contributed by atoms with Crippen molar-refractivity contribution in [3.8, 4) is 5.75 Å². The quantitative estimate of drug-likeness (QED) is 0.498. The number of nitrogens with zero attached hydrogens (tertiary/aromatic N) is 1. The second-order valence-electron chi connectivity index (χ2n) is 6.48. The molecule has 2 aromatic carbocycles. The van der Waals surface area contributed by atoms with Gasteiger partial charge in [0, 0.05) is 23.2 Å². The summed E-state index contributed by atoms with van der Waals surface area (Å²) in [6.45, 7) is 4.43. The minimum absolute atomic E-state index is 0.0393. The van der Waals surface area contributed by atoms with Gasteiger partial charge in [0.1, 0.15) is 5.75 Å². The molecule has 1 unspecified atom stereocenters. The van der Waals surface area contributed by atoms with Crippen LogP contribution in [-0.4, -0.2) is 37.9 Å². The number of hydrogen-bond acceptors (Lipinski definition) is 5. The molecule has 0 heterocycles. The molecule has 0 fully saturated rings. The van der Waals surface area contributed by atoms with Crippen molar-refractivity contribution in [2.24, 2.45) is 0 Å². The van der Waals surface area contributed by atoms with E-state index in [1.54, 1.807) is 40.9 Å². The normalized spacial score (nSPS) is 12.3. The largest absolute Gasteiger partial charge is 0.383 e. The van der Waals surface area contributed by atoms with Gasteiger partial charge in [-0.15, -0.1) is 11.8 Å². The Morgan fingerprint density at radius 2 is 1.75 bits per heavy atom. The minimum atomic E-state index is -3.56. The maximum atomic E-state index is 12.8. The third-order valence-electron chi connectivity index (χ3n) is 4.25. The third-order valence-corrected chi connectivity index (χ3v) is 5.49. The summed E-state index contributed by atoms with van der Waals surface area (Å²) in [5, 5.41) is 2.94. The van der Waals surface area contributed by atoms with Crippen molar-refractivity contribution in [1.29, 1.82) is 0 Å². The van der Waals surface area contributed by atoms with Gasteiger partial charge in [0.05, 0.1) is 6.26 Å². The predicted molar refractivity (Wildman–Crippen MR) is 114 cm³/mol. The fraction of sp³-hybridized carbons (Fsp3) is 0.350. The summed E-state index contributed by atoms with van der Waals surface area (Å²) in [5.74, 6) is 0.250. The van der Waals surface area contributed by atoms with Crippen LogP contribution in [0.4, 0.5) is 10.5 Å². The number of thioether (sulfide) groups is 1. The Labute approximate surface area is 171 Å². The van der Waals surface area contributed by atoms with Gasteiger partial charge >= 0.3 is 16.1 Å². The molecule has 28 heavy (non-hydrogen) atoms. The highest BCUT2D eigenvalue weighted by molar-refractivity contribution is 7.98. The smallest absolute Gasteiger partial charge is 0.322 e. The van der Waals surface area contributed by atoms with E-state index in [1.165, 1.54) is 0 Å². The fourth-order valence-corrected chi connectivity index (χ4v) is 3.41.